The lowest BCUT2D eigenvalue weighted by molar-refractivity contribution is 0.0235. The molecule has 36 heavy (non-hydrogen) atoms. The van der Waals surface area contributed by atoms with E-state index in [-0.39, 0.29) is 12.1 Å². The predicted octanol–water partition coefficient (Wildman–Crippen LogP) is 5.63. The van der Waals surface area contributed by atoms with Crippen molar-refractivity contribution in [3.05, 3.63) is 77.7 Å². The average Bonchev–Trinajstić information content (AvgIpc) is 3.59. The van der Waals surface area contributed by atoms with E-state index in [1.807, 2.05) is 55.6 Å². The molecule has 8 heteroatoms. The summed E-state index contributed by atoms with van der Waals surface area (Å²) in [4.78, 5) is 31.4. The van der Waals surface area contributed by atoms with Crippen LogP contribution in [0.25, 0.3) is 44.0 Å². The van der Waals surface area contributed by atoms with Gasteiger partial charge in [0.25, 0.3) is 0 Å². The van der Waals surface area contributed by atoms with Crippen LogP contribution < -0.4 is 5.32 Å². The molecule has 6 rings (SSSR count). The highest BCUT2D eigenvalue weighted by Gasteiger charge is 2.20. The SMILES string of the molecule is Cc1cccc(-c2[nH]cnc2-c2ccc3ncc(-c4ccc(C(=O)OC5CCNCC5)s4)cc3c2)n1. The van der Waals surface area contributed by atoms with Crippen molar-refractivity contribution in [1.29, 1.82) is 0 Å². The Hall–Kier alpha value is -3.88. The minimum atomic E-state index is -0.245. The number of hydrogen-bond donors (Lipinski definition) is 2. The molecule has 5 heterocycles. The van der Waals surface area contributed by atoms with E-state index in [1.54, 1.807) is 6.33 Å². The molecular weight excluding hydrogens is 470 g/mol. The number of piperidine rings is 1. The summed E-state index contributed by atoms with van der Waals surface area (Å²) in [5.74, 6) is -0.245. The van der Waals surface area contributed by atoms with Crippen molar-refractivity contribution in [3.8, 4) is 33.1 Å². The topological polar surface area (TPSA) is 92.8 Å². The highest BCUT2D eigenvalue weighted by Crippen LogP contribution is 2.33. The number of pyridine rings is 2. The average molecular weight is 496 g/mol. The van der Waals surface area contributed by atoms with Gasteiger partial charge in [0, 0.05) is 33.3 Å². The number of benzene rings is 1. The second kappa shape index (κ2) is 9.64. The van der Waals surface area contributed by atoms with Gasteiger partial charge in [0.1, 0.15) is 11.0 Å². The van der Waals surface area contributed by atoms with E-state index >= 15 is 0 Å². The first-order valence-electron chi connectivity index (χ1n) is 12.0. The van der Waals surface area contributed by atoms with Gasteiger partial charge in [-0.2, -0.15) is 0 Å². The van der Waals surface area contributed by atoms with Crippen molar-refractivity contribution in [2.45, 2.75) is 25.9 Å². The Morgan fingerprint density at radius 3 is 2.75 bits per heavy atom. The zero-order chi connectivity index (χ0) is 24.5. The van der Waals surface area contributed by atoms with Crippen molar-refractivity contribution in [3.63, 3.8) is 0 Å². The van der Waals surface area contributed by atoms with Gasteiger partial charge in [-0.1, -0.05) is 12.1 Å². The Balaban J connectivity index is 1.28. The van der Waals surface area contributed by atoms with E-state index in [4.69, 9.17) is 4.74 Å². The van der Waals surface area contributed by atoms with Gasteiger partial charge in [-0.05, 0) is 75.3 Å². The van der Waals surface area contributed by atoms with Crippen molar-refractivity contribution in [1.82, 2.24) is 25.3 Å². The molecule has 1 fully saturated rings. The van der Waals surface area contributed by atoms with Gasteiger partial charge in [0.05, 0.1) is 28.9 Å². The first kappa shape index (κ1) is 22.6. The van der Waals surface area contributed by atoms with Crippen molar-refractivity contribution < 1.29 is 9.53 Å². The largest absolute Gasteiger partial charge is 0.458 e. The third kappa shape index (κ3) is 4.53. The van der Waals surface area contributed by atoms with Crippen LogP contribution in [0.4, 0.5) is 0 Å². The smallest absolute Gasteiger partial charge is 0.348 e. The zero-order valence-corrected chi connectivity index (χ0v) is 20.6. The first-order chi connectivity index (χ1) is 17.6. The van der Waals surface area contributed by atoms with Gasteiger partial charge in [-0.3, -0.25) is 9.97 Å². The van der Waals surface area contributed by atoms with Crippen LogP contribution in [-0.4, -0.2) is 45.1 Å². The molecule has 0 unspecified atom stereocenters. The number of thiophene rings is 1. The Morgan fingerprint density at radius 1 is 1.03 bits per heavy atom. The summed E-state index contributed by atoms with van der Waals surface area (Å²) >= 11 is 1.44. The zero-order valence-electron chi connectivity index (χ0n) is 19.8. The Bertz CT molecular complexity index is 1550. The van der Waals surface area contributed by atoms with E-state index in [0.717, 1.165) is 75.6 Å². The van der Waals surface area contributed by atoms with Gasteiger partial charge >= 0.3 is 5.97 Å². The van der Waals surface area contributed by atoms with Crippen LogP contribution in [0.5, 0.6) is 0 Å². The van der Waals surface area contributed by atoms with Crippen LogP contribution in [0.2, 0.25) is 0 Å². The molecule has 1 aliphatic rings. The Kier molecular flexibility index (Phi) is 6.04. The molecule has 0 radical (unpaired) electrons. The first-order valence-corrected chi connectivity index (χ1v) is 12.9. The van der Waals surface area contributed by atoms with E-state index in [0.29, 0.717) is 4.88 Å². The van der Waals surface area contributed by atoms with Crippen LogP contribution in [0, 0.1) is 6.92 Å². The molecule has 4 aromatic heterocycles. The van der Waals surface area contributed by atoms with Crippen LogP contribution in [-0.2, 0) is 4.74 Å². The maximum absolute atomic E-state index is 12.7. The van der Waals surface area contributed by atoms with Crippen LogP contribution in [0.1, 0.15) is 28.2 Å². The molecule has 0 saturated carbocycles. The molecular formula is C28H25N5O2S. The number of imidazole rings is 1. The molecule has 0 atom stereocenters. The second-order valence-corrected chi connectivity index (χ2v) is 10.0. The number of fused-ring (bicyclic) bond motifs is 1. The van der Waals surface area contributed by atoms with Crippen LogP contribution in [0.15, 0.2) is 67.1 Å². The third-order valence-corrected chi connectivity index (χ3v) is 7.50. The van der Waals surface area contributed by atoms with Gasteiger partial charge in [0.15, 0.2) is 0 Å². The number of H-pyrrole nitrogens is 1. The van der Waals surface area contributed by atoms with Crippen LogP contribution in [0.3, 0.4) is 0 Å². The number of nitrogens with one attached hydrogen (secondary N) is 2. The van der Waals surface area contributed by atoms with Gasteiger partial charge in [-0.15, -0.1) is 11.3 Å². The Labute approximate surface area is 212 Å². The van der Waals surface area contributed by atoms with Crippen molar-refractivity contribution in [2.24, 2.45) is 0 Å². The number of carbonyl (C=O) groups is 1. The molecule has 0 aliphatic carbocycles. The number of hydrogen-bond acceptors (Lipinski definition) is 7. The van der Waals surface area contributed by atoms with Crippen molar-refractivity contribution >= 4 is 28.2 Å². The summed E-state index contributed by atoms with van der Waals surface area (Å²) < 4.78 is 5.71. The van der Waals surface area contributed by atoms with E-state index < -0.39 is 0 Å². The molecule has 5 aromatic rings. The maximum atomic E-state index is 12.7. The highest BCUT2D eigenvalue weighted by atomic mass is 32.1. The molecule has 1 aliphatic heterocycles. The van der Waals surface area contributed by atoms with E-state index in [9.17, 15) is 4.79 Å². The molecule has 1 saturated heterocycles. The number of rotatable bonds is 5. The van der Waals surface area contributed by atoms with Crippen LogP contribution >= 0.6 is 11.3 Å². The number of aryl methyl sites for hydroxylation is 1. The summed E-state index contributed by atoms with van der Waals surface area (Å²) in [6.45, 7) is 3.76. The fourth-order valence-electron chi connectivity index (χ4n) is 4.53. The summed E-state index contributed by atoms with van der Waals surface area (Å²) in [6.07, 6.45) is 5.26. The number of carbonyl (C=O) groups excluding carboxylic acids is 1. The summed E-state index contributed by atoms with van der Waals surface area (Å²) in [5, 5.41) is 4.29. The quantitative estimate of drug-likeness (QED) is 0.307. The fourth-order valence-corrected chi connectivity index (χ4v) is 5.40. The summed E-state index contributed by atoms with van der Waals surface area (Å²) in [5.41, 5.74) is 6.39. The number of nitrogens with zero attached hydrogens (tertiary/aromatic N) is 3. The molecule has 2 N–H and O–H groups in total. The standard InChI is InChI=1S/C28H25N5O2S/c1-17-3-2-4-23(33-17)27-26(31-16-32-27)18-5-6-22-19(13-18)14-20(15-30-22)24-7-8-25(36-24)28(34)35-21-9-11-29-12-10-21/h2-8,13-16,21,29H,9-12H2,1H3,(H,31,32). The minimum Gasteiger partial charge on any atom is -0.458 e. The number of aromatic amines is 1. The van der Waals surface area contributed by atoms with E-state index in [1.165, 1.54) is 11.3 Å². The summed E-state index contributed by atoms with van der Waals surface area (Å²) in [7, 11) is 0. The molecule has 180 valence electrons. The second-order valence-electron chi connectivity index (χ2n) is 8.94. The molecule has 0 bridgehead atoms. The maximum Gasteiger partial charge on any atom is 0.348 e. The monoisotopic (exact) mass is 495 g/mol. The Morgan fingerprint density at radius 2 is 1.89 bits per heavy atom. The van der Waals surface area contributed by atoms with Gasteiger partial charge in [-0.25, -0.2) is 9.78 Å². The van der Waals surface area contributed by atoms with E-state index in [2.05, 4.69) is 37.4 Å². The predicted molar refractivity (Wildman–Crippen MR) is 142 cm³/mol. The normalized spacial score (nSPS) is 14.2. The minimum absolute atomic E-state index is 0.00742. The highest BCUT2D eigenvalue weighted by molar-refractivity contribution is 7.17. The number of ether oxygens (including phenoxy) is 1. The lowest BCUT2D eigenvalue weighted by Gasteiger charge is -2.22. The lowest BCUT2D eigenvalue weighted by Crippen LogP contribution is -2.33. The molecule has 0 amide bonds. The molecule has 1 aromatic carbocycles. The number of esters is 1. The third-order valence-electron chi connectivity index (χ3n) is 6.39. The summed E-state index contributed by atoms with van der Waals surface area (Å²) in [6, 6.07) is 18.0. The molecule has 0 spiro atoms. The van der Waals surface area contributed by atoms with Gasteiger partial charge < -0.3 is 15.0 Å². The van der Waals surface area contributed by atoms with Crippen molar-refractivity contribution in [2.75, 3.05) is 13.1 Å². The van der Waals surface area contributed by atoms with Gasteiger partial charge in [0.2, 0.25) is 0 Å². The fraction of sp³-hybridized carbons (Fsp3) is 0.214. The lowest BCUT2D eigenvalue weighted by atomic mass is 10.0. The molecule has 7 nitrogen and oxygen atoms in total. The number of aromatic nitrogens is 4.